The lowest BCUT2D eigenvalue weighted by Gasteiger charge is -2.28. The van der Waals surface area contributed by atoms with Gasteiger partial charge in [0.2, 0.25) is 0 Å². The first-order chi connectivity index (χ1) is 10.1. The predicted octanol–water partition coefficient (Wildman–Crippen LogP) is 3.75. The summed E-state index contributed by atoms with van der Waals surface area (Å²) in [6.45, 7) is 2.05. The van der Waals surface area contributed by atoms with Crippen LogP contribution < -0.4 is 15.8 Å². The Bertz CT molecular complexity index is 644. The second-order valence-electron chi connectivity index (χ2n) is 4.98. The fourth-order valence-corrected chi connectivity index (χ4v) is 2.78. The summed E-state index contributed by atoms with van der Waals surface area (Å²) in [4.78, 5) is 12.3. The molecule has 4 nitrogen and oxygen atoms in total. The van der Waals surface area contributed by atoms with Gasteiger partial charge in [-0.3, -0.25) is 0 Å². The highest BCUT2D eigenvalue weighted by atomic mass is 79.9. The summed E-state index contributed by atoms with van der Waals surface area (Å²) in [5, 5.41) is 4.62. The second-order valence-corrected chi connectivity index (χ2v) is 5.89. The fourth-order valence-electron chi connectivity index (χ4n) is 2.51. The quantitative estimate of drug-likeness (QED) is 0.889. The van der Waals surface area contributed by atoms with Gasteiger partial charge in [0.15, 0.2) is 0 Å². The minimum atomic E-state index is -0.564. The van der Waals surface area contributed by atoms with Gasteiger partial charge < -0.3 is 5.32 Å². The number of benzene rings is 2. The van der Waals surface area contributed by atoms with Crippen molar-refractivity contribution in [1.29, 1.82) is 0 Å². The molecule has 2 amide bonds. The Labute approximate surface area is 132 Å². The average Bonchev–Trinajstić information content (AvgIpc) is 2.87. The molecule has 0 aromatic heterocycles. The molecule has 108 valence electrons. The van der Waals surface area contributed by atoms with E-state index in [-0.39, 0.29) is 6.03 Å². The predicted molar refractivity (Wildman–Crippen MR) is 86.7 cm³/mol. The third-order valence-electron chi connectivity index (χ3n) is 3.71. The number of urea groups is 1. The zero-order chi connectivity index (χ0) is 14.9. The van der Waals surface area contributed by atoms with Gasteiger partial charge in [-0.15, -0.1) is 0 Å². The molecule has 0 bridgehead atoms. The molecule has 2 N–H and O–H groups in total. The van der Waals surface area contributed by atoms with Crippen LogP contribution in [0, 0.1) is 0 Å². The van der Waals surface area contributed by atoms with Crippen LogP contribution in [0.4, 0.5) is 10.5 Å². The molecule has 0 unspecified atom stereocenters. The van der Waals surface area contributed by atoms with Crippen molar-refractivity contribution < 1.29 is 4.79 Å². The Kier molecular flexibility index (Phi) is 3.69. The number of carbonyl (C=O) groups excluding carboxylic acids is 1. The molecule has 1 saturated heterocycles. The number of anilines is 1. The molecule has 21 heavy (non-hydrogen) atoms. The van der Waals surface area contributed by atoms with Crippen LogP contribution in [0.25, 0.3) is 0 Å². The highest BCUT2D eigenvalue weighted by Gasteiger charge is 2.42. The Morgan fingerprint density at radius 1 is 1.10 bits per heavy atom. The molecule has 2 aromatic rings. The summed E-state index contributed by atoms with van der Waals surface area (Å²) in [5.41, 5.74) is 4.60. The number of amides is 2. The van der Waals surface area contributed by atoms with Gasteiger partial charge in [-0.05, 0) is 36.2 Å². The Morgan fingerprint density at radius 3 is 2.38 bits per heavy atom. The van der Waals surface area contributed by atoms with Crippen molar-refractivity contribution in [2.75, 3.05) is 5.01 Å². The summed E-state index contributed by atoms with van der Waals surface area (Å²) in [6, 6.07) is 17.4. The van der Waals surface area contributed by atoms with Gasteiger partial charge in [0.25, 0.3) is 0 Å². The van der Waals surface area contributed by atoms with Gasteiger partial charge in [0, 0.05) is 4.47 Å². The number of hydrogen-bond donors (Lipinski definition) is 2. The van der Waals surface area contributed by atoms with Crippen LogP contribution in [0.2, 0.25) is 0 Å². The van der Waals surface area contributed by atoms with Crippen LogP contribution in [0.5, 0.6) is 0 Å². The van der Waals surface area contributed by atoms with Crippen molar-refractivity contribution in [3.63, 3.8) is 0 Å². The van der Waals surface area contributed by atoms with Gasteiger partial charge >= 0.3 is 6.03 Å². The molecule has 0 radical (unpaired) electrons. The molecule has 3 rings (SSSR count). The molecular weight excluding hydrogens is 330 g/mol. The van der Waals surface area contributed by atoms with Gasteiger partial charge in [-0.2, -0.15) is 5.43 Å². The van der Waals surface area contributed by atoms with E-state index < -0.39 is 5.66 Å². The largest absolute Gasteiger partial charge is 0.338 e. The summed E-state index contributed by atoms with van der Waals surface area (Å²) in [6.07, 6.45) is 0.746. The van der Waals surface area contributed by atoms with Gasteiger partial charge in [-0.25, -0.2) is 9.80 Å². The topological polar surface area (TPSA) is 44.4 Å². The minimum absolute atomic E-state index is 0.150. The minimum Gasteiger partial charge on any atom is -0.313 e. The average molecular weight is 346 g/mol. The standard InChI is InChI=1S/C16H16BrN3O/c1-2-16(12-6-4-3-5-7-12)18-15(21)20(19-16)14-10-8-13(17)9-11-14/h3-11,19H,2H2,1H3,(H,18,21)/t16-/m0/s1. The number of hydrogen-bond acceptors (Lipinski definition) is 2. The number of nitrogens with zero attached hydrogens (tertiary/aromatic N) is 1. The van der Waals surface area contributed by atoms with E-state index >= 15 is 0 Å². The van der Waals surface area contributed by atoms with E-state index in [1.54, 1.807) is 5.01 Å². The number of nitrogens with one attached hydrogen (secondary N) is 2. The van der Waals surface area contributed by atoms with Crippen LogP contribution >= 0.6 is 15.9 Å². The Morgan fingerprint density at radius 2 is 1.76 bits per heavy atom. The maximum absolute atomic E-state index is 12.3. The van der Waals surface area contributed by atoms with Crippen LogP contribution in [-0.4, -0.2) is 6.03 Å². The van der Waals surface area contributed by atoms with Crippen molar-refractivity contribution in [3.05, 3.63) is 64.6 Å². The van der Waals surface area contributed by atoms with Crippen molar-refractivity contribution in [1.82, 2.24) is 10.7 Å². The number of hydrazine groups is 1. The highest BCUT2D eigenvalue weighted by Crippen LogP contribution is 2.29. The second kappa shape index (κ2) is 5.50. The molecule has 1 fully saturated rings. The lowest BCUT2D eigenvalue weighted by atomic mass is 9.98. The number of halogens is 1. The molecule has 0 spiro atoms. The smallest absolute Gasteiger partial charge is 0.313 e. The Balaban J connectivity index is 1.94. The van der Waals surface area contributed by atoms with E-state index in [2.05, 4.69) is 26.7 Å². The maximum Gasteiger partial charge on any atom is 0.338 e. The summed E-state index contributed by atoms with van der Waals surface area (Å²) in [7, 11) is 0. The molecule has 2 aromatic carbocycles. The molecular formula is C16H16BrN3O. The van der Waals surface area contributed by atoms with Crippen molar-refractivity contribution in [2.45, 2.75) is 19.0 Å². The Hall–Kier alpha value is -1.85. The van der Waals surface area contributed by atoms with Gasteiger partial charge in [-0.1, -0.05) is 53.2 Å². The van der Waals surface area contributed by atoms with Crippen LogP contribution in [0.1, 0.15) is 18.9 Å². The fraction of sp³-hybridized carbons (Fsp3) is 0.188. The molecule has 0 saturated carbocycles. The lowest BCUT2D eigenvalue weighted by molar-refractivity contribution is 0.245. The van der Waals surface area contributed by atoms with E-state index in [0.717, 1.165) is 22.1 Å². The zero-order valence-electron chi connectivity index (χ0n) is 11.6. The summed E-state index contributed by atoms with van der Waals surface area (Å²) in [5.74, 6) is 0. The molecule has 5 heteroatoms. The van der Waals surface area contributed by atoms with Crippen molar-refractivity contribution in [2.24, 2.45) is 0 Å². The normalized spacial score (nSPS) is 21.4. The molecule has 1 aliphatic rings. The van der Waals surface area contributed by atoms with E-state index in [4.69, 9.17) is 0 Å². The number of carbonyl (C=O) groups is 1. The van der Waals surface area contributed by atoms with E-state index in [1.807, 2.05) is 61.5 Å². The zero-order valence-corrected chi connectivity index (χ0v) is 13.2. The lowest BCUT2D eigenvalue weighted by Crippen LogP contribution is -2.47. The molecule has 1 heterocycles. The first kappa shape index (κ1) is 14.1. The van der Waals surface area contributed by atoms with Gasteiger partial charge in [0.05, 0.1) is 5.69 Å². The first-order valence-corrected chi connectivity index (χ1v) is 7.65. The van der Waals surface area contributed by atoms with Crippen LogP contribution in [0.15, 0.2) is 59.1 Å². The molecule has 0 aliphatic carbocycles. The van der Waals surface area contributed by atoms with Crippen molar-refractivity contribution in [3.8, 4) is 0 Å². The van der Waals surface area contributed by atoms with Gasteiger partial charge in [0.1, 0.15) is 5.66 Å². The SMILES string of the molecule is CC[C@]1(c2ccccc2)NC(=O)N(c2ccc(Br)cc2)N1. The monoisotopic (exact) mass is 345 g/mol. The first-order valence-electron chi connectivity index (χ1n) is 6.86. The third-order valence-corrected chi connectivity index (χ3v) is 4.24. The third kappa shape index (κ3) is 2.54. The van der Waals surface area contributed by atoms with E-state index in [0.29, 0.717) is 0 Å². The maximum atomic E-state index is 12.3. The van der Waals surface area contributed by atoms with E-state index in [1.165, 1.54) is 0 Å². The summed E-state index contributed by atoms with van der Waals surface area (Å²) < 4.78 is 0.982. The highest BCUT2D eigenvalue weighted by molar-refractivity contribution is 9.10. The summed E-state index contributed by atoms with van der Waals surface area (Å²) >= 11 is 3.40. The van der Waals surface area contributed by atoms with Crippen LogP contribution in [-0.2, 0) is 5.66 Å². The molecule has 1 atom stereocenters. The number of rotatable bonds is 3. The van der Waals surface area contributed by atoms with Crippen molar-refractivity contribution >= 4 is 27.6 Å². The van der Waals surface area contributed by atoms with Crippen LogP contribution in [0.3, 0.4) is 0 Å². The van der Waals surface area contributed by atoms with E-state index in [9.17, 15) is 4.79 Å². The molecule has 1 aliphatic heterocycles.